The lowest BCUT2D eigenvalue weighted by Crippen LogP contribution is -2.41. The Bertz CT molecular complexity index is 699. The summed E-state index contributed by atoms with van der Waals surface area (Å²) in [5.74, 6) is 1.33. The first-order chi connectivity index (χ1) is 11.9. The zero-order valence-corrected chi connectivity index (χ0v) is 15.3. The minimum atomic E-state index is -0.209. The number of aliphatic hydroxyl groups excluding tert-OH is 1. The third-order valence-corrected chi connectivity index (χ3v) is 3.81. The zero-order chi connectivity index (χ0) is 18.4. The van der Waals surface area contributed by atoms with Crippen LogP contribution >= 0.6 is 0 Å². The van der Waals surface area contributed by atoms with Crippen LogP contribution in [0.3, 0.4) is 0 Å². The number of aliphatic hydroxyl groups is 1. The lowest BCUT2D eigenvalue weighted by molar-refractivity contribution is -0.122. The fourth-order valence-electron chi connectivity index (χ4n) is 2.39. The number of amides is 1. The number of nitrogens with zero attached hydrogens (tertiary/aromatic N) is 4. The summed E-state index contributed by atoms with van der Waals surface area (Å²) in [7, 11) is 0. The van der Waals surface area contributed by atoms with Crippen molar-refractivity contribution in [2.24, 2.45) is 5.92 Å². The summed E-state index contributed by atoms with van der Waals surface area (Å²) in [6.07, 6.45) is 1.60. The third kappa shape index (κ3) is 5.38. The van der Waals surface area contributed by atoms with Gasteiger partial charge in [0.25, 0.3) is 0 Å². The molecule has 138 valence electrons. The van der Waals surface area contributed by atoms with Gasteiger partial charge >= 0.3 is 0 Å². The van der Waals surface area contributed by atoms with Crippen LogP contribution in [0.15, 0.2) is 12.1 Å². The Balaban J connectivity index is 1.93. The quantitative estimate of drug-likeness (QED) is 0.709. The predicted molar refractivity (Wildman–Crippen MR) is 93.3 cm³/mol. The molecule has 8 heteroatoms. The van der Waals surface area contributed by atoms with Crippen LogP contribution in [-0.4, -0.2) is 49.6 Å². The van der Waals surface area contributed by atoms with E-state index in [4.69, 9.17) is 4.74 Å². The minimum absolute atomic E-state index is 0.0361. The Labute approximate surface area is 147 Å². The normalized spacial score (nSPS) is 12.8. The molecule has 1 atom stereocenters. The highest BCUT2D eigenvalue weighted by Gasteiger charge is 2.15. The van der Waals surface area contributed by atoms with Crippen molar-refractivity contribution >= 4 is 11.6 Å². The average Bonchev–Trinajstić information content (AvgIpc) is 2.94. The summed E-state index contributed by atoms with van der Waals surface area (Å²) in [6, 6.07) is 3.36. The number of aromatic nitrogens is 4. The first-order valence-electron chi connectivity index (χ1n) is 8.69. The first kappa shape index (κ1) is 19.1. The monoisotopic (exact) mass is 349 g/mol. The number of carbonyl (C=O) groups is 1. The van der Waals surface area contributed by atoms with Gasteiger partial charge in [-0.15, -0.1) is 15.3 Å². The molecule has 25 heavy (non-hydrogen) atoms. The summed E-state index contributed by atoms with van der Waals surface area (Å²) < 4.78 is 7.25. The van der Waals surface area contributed by atoms with E-state index in [9.17, 15) is 9.90 Å². The van der Waals surface area contributed by atoms with Crippen LogP contribution < -0.4 is 10.1 Å². The van der Waals surface area contributed by atoms with Crippen molar-refractivity contribution in [3.05, 3.63) is 18.0 Å². The molecule has 2 aromatic heterocycles. The summed E-state index contributed by atoms with van der Waals surface area (Å²) >= 11 is 0. The fraction of sp³-hybridized carbons (Fsp3) is 0.647. The first-order valence-corrected chi connectivity index (χ1v) is 8.69. The molecule has 2 rings (SSSR count). The molecule has 0 radical (unpaired) electrons. The van der Waals surface area contributed by atoms with Gasteiger partial charge < -0.3 is 15.2 Å². The van der Waals surface area contributed by atoms with E-state index in [1.807, 2.05) is 33.8 Å². The SMILES string of the molecule is CC(C)Oc1ccc2nnc(CCCC(=O)NC(CO)C(C)C)n2n1. The highest BCUT2D eigenvalue weighted by molar-refractivity contribution is 5.76. The summed E-state index contributed by atoms with van der Waals surface area (Å²) in [5, 5.41) is 24.7. The van der Waals surface area contributed by atoms with Crippen LogP contribution in [0, 0.1) is 5.92 Å². The third-order valence-electron chi connectivity index (χ3n) is 3.81. The smallest absolute Gasteiger partial charge is 0.232 e. The van der Waals surface area contributed by atoms with Crippen molar-refractivity contribution in [2.45, 2.75) is 59.1 Å². The predicted octanol–water partition coefficient (Wildman–Crippen LogP) is 1.37. The van der Waals surface area contributed by atoms with Crippen LogP contribution in [0.1, 0.15) is 46.4 Å². The Morgan fingerprint density at radius 1 is 1.28 bits per heavy atom. The summed E-state index contributed by atoms with van der Waals surface area (Å²) in [4.78, 5) is 12.0. The van der Waals surface area contributed by atoms with E-state index < -0.39 is 0 Å². The molecule has 0 spiro atoms. The molecule has 0 aliphatic heterocycles. The van der Waals surface area contributed by atoms with E-state index in [0.29, 0.717) is 36.6 Å². The lowest BCUT2D eigenvalue weighted by Gasteiger charge is -2.19. The second-order valence-electron chi connectivity index (χ2n) is 6.68. The number of hydrogen-bond acceptors (Lipinski definition) is 6. The van der Waals surface area contributed by atoms with E-state index in [-0.39, 0.29) is 30.6 Å². The van der Waals surface area contributed by atoms with Crippen molar-refractivity contribution in [1.82, 2.24) is 25.1 Å². The van der Waals surface area contributed by atoms with E-state index in [0.717, 1.165) is 0 Å². The van der Waals surface area contributed by atoms with Crippen molar-refractivity contribution in [3.8, 4) is 5.88 Å². The molecule has 2 aromatic rings. The fourth-order valence-corrected chi connectivity index (χ4v) is 2.39. The molecular weight excluding hydrogens is 322 g/mol. The Hall–Kier alpha value is -2.22. The molecule has 1 amide bonds. The molecule has 2 N–H and O–H groups in total. The van der Waals surface area contributed by atoms with Gasteiger partial charge in [-0.1, -0.05) is 13.8 Å². The van der Waals surface area contributed by atoms with Gasteiger partial charge in [-0.25, -0.2) is 0 Å². The molecule has 0 fully saturated rings. The molecule has 0 saturated carbocycles. The zero-order valence-electron chi connectivity index (χ0n) is 15.3. The van der Waals surface area contributed by atoms with Crippen LogP contribution in [0.25, 0.3) is 5.65 Å². The van der Waals surface area contributed by atoms with Crippen molar-refractivity contribution in [2.75, 3.05) is 6.61 Å². The summed E-state index contributed by atoms with van der Waals surface area (Å²) in [5.41, 5.74) is 0.649. The number of hydrogen-bond donors (Lipinski definition) is 2. The van der Waals surface area contributed by atoms with Crippen molar-refractivity contribution in [3.63, 3.8) is 0 Å². The number of fused-ring (bicyclic) bond motifs is 1. The van der Waals surface area contributed by atoms with E-state index in [1.165, 1.54) is 0 Å². The molecule has 0 aliphatic rings. The van der Waals surface area contributed by atoms with Gasteiger partial charge in [-0.3, -0.25) is 4.79 Å². The maximum atomic E-state index is 12.0. The largest absolute Gasteiger partial charge is 0.474 e. The van der Waals surface area contributed by atoms with Gasteiger partial charge in [0.1, 0.15) is 0 Å². The molecule has 0 bridgehead atoms. The van der Waals surface area contributed by atoms with E-state index in [2.05, 4.69) is 20.6 Å². The number of rotatable bonds is 9. The van der Waals surface area contributed by atoms with Gasteiger partial charge in [-0.05, 0) is 32.3 Å². The maximum Gasteiger partial charge on any atom is 0.232 e. The van der Waals surface area contributed by atoms with Crippen LogP contribution in [-0.2, 0) is 11.2 Å². The minimum Gasteiger partial charge on any atom is -0.474 e. The van der Waals surface area contributed by atoms with Crippen molar-refractivity contribution in [1.29, 1.82) is 0 Å². The van der Waals surface area contributed by atoms with Gasteiger partial charge in [0, 0.05) is 18.9 Å². The van der Waals surface area contributed by atoms with E-state index in [1.54, 1.807) is 10.6 Å². The Morgan fingerprint density at radius 3 is 2.68 bits per heavy atom. The molecular formula is C17H27N5O3. The highest BCUT2D eigenvalue weighted by Crippen LogP contribution is 2.12. The van der Waals surface area contributed by atoms with Crippen molar-refractivity contribution < 1.29 is 14.6 Å². The number of ether oxygens (including phenoxy) is 1. The lowest BCUT2D eigenvalue weighted by atomic mass is 10.1. The van der Waals surface area contributed by atoms with Gasteiger partial charge in [0.15, 0.2) is 11.5 Å². The van der Waals surface area contributed by atoms with Crippen LogP contribution in [0.5, 0.6) is 5.88 Å². The highest BCUT2D eigenvalue weighted by atomic mass is 16.5. The Kier molecular flexibility index (Phi) is 6.69. The molecule has 0 aliphatic carbocycles. The van der Waals surface area contributed by atoms with Crippen LogP contribution in [0.2, 0.25) is 0 Å². The molecule has 2 heterocycles. The molecule has 8 nitrogen and oxygen atoms in total. The average molecular weight is 349 g/mol. The second kappa shape index (κ2) is 8.75. The molecule has 0 aromatic carbocycles. The second-order valence-corrected chi connectivity index (χ2v) is 6.68. The van der Waals surface area contributed by atoms with Crippen LogP contribution in [0.4, 0.5) is 0 Å². The van der Waals surface area contributed by atoms with Gasteiger partial charge in [0.2, 0.25) is 11.8 Å². The molecule has 0 saturated heterocycles. The number of aryl methyl sites for hydroxylation is 1. The topological polar surface area (TPSA) is 102 Å². The Morgan fingerprint density at radius 2 is 2.04 bits per heavy atom. The number of nitrogens with one attached hydrogen (secondary N) is 1. The molecule has 1 unspecified atom stereocenters. The van der Waals surface area contributed by atoms with Gasteiger partial charge in [0.05, 0.1) is 18.8 Å². The standard InChI is InChI=1S/C17H27N5O3/c1-11(2)13(10-23)18-16(24)7-5-6-14-19-20-15-8-9-17(21-22(14)15)25-12(3)4/h8-9,11-13,23H,5-7,10H2,1-4H3,(H,18,24). The maximum absolute atomic E-state index is 12.0. The van der Waals surface area contributed by atoms with E-state index >= 15 is 0 Å². The summed E-state index contributed by atoms with van der Waals surface area (Å²) in [6.45, 7) is 7.75. The van der Waals surface area contributed by atoms with Gasteiger partial charge in [-0.2, -0.15) is 4.52 Å². The number of carbonyl (C=O) groups excluding carboxylic acids is 1.